The first-order chi connectivity index (χ1) is 14.1. The van der Waals surface area contributed by atoms with Gasteiger partial charge >= 0.3 is 0 Å². The van der Waals surface area contributed by atoms with E-state index in [1.165, 1.54) is 6.07 Å². The number of aromatic nitrogens is 2. The smallest absolute Gasteiger partial charge is 0.224 e. The molecule has 1 N–H and O–H groups in total. The summed E-state index contributed by atoms with van der Waals surface area (Å²) in [6, 6.07) is 13.9. The third-order valence-electron chi connectivity index (χ3n) is 4.80. The Morgan fingerprint density at radius 3 is 2.69 bits per heavy atom. The second-order valence-corrected chi connectivity index (χ2v) is 6.62. The van der Waals surface area contributed by atoms with E-state index in [9.17, 15) is 13.2 Å². The summed E-state index contributed by atoms with van der Waals surface area (Å²) in [7, 11) is 0. The van der Waals surface area contributed by atoms with Crippen molar-refractivity contribution in [2.75, 3.05) is 30.0 Å². The minimum absolute atomic E-state index is 0.00793. The maximum Gasteiger partial charge on any atom is 0.224 e. The minimum atomic E-state index is -1.49. The zero-order valence-corrected chi connectivity index (χ0v) is 15.5. The number of hydrogen-bond donors (Lipinski definition) is 1. The Morgan fingerprint density at radius 2 is 1.86 bits per heavy atom. The van der Waals surface area contributed by atoms with Gasteiger partial charge in [0.05, 0.1) is 19.3 Å². The lowest BCUT2D eigenvalue weighted by atomic mass is 10.1. The molecule has 2 aromatic carbocycles. The Kier molecular flexibility index (Phi) is 5.62. The maximum absolute atomic E-state index is 13.9. The number of halogens is 3. The van der Waals surface area contributed by atoms with Crippen molar-refractivity contribution in [3.63, 3.8) is 0 Å². The van der Waals surface area contributed by atoms with E-state index < -0.39 is 17.5 Å². The highest BCUT2D eigenvalue weighted by Gasteiger charge is 2.26. The van der Waals surface area contributed by atoms with Crippen molar-refractivity contribution in [2.45, 2.75) is 12.6 Å². The topological polar surface area (TPSA) is 50.3 Å². The predicted molar refractivity (Wildman–Crippen MR) is 103 cm³/mol. The second kappa shape index (κ2) is 8.48. The normalized spacial score (nSPS) is 16.7. The number of benzene rings is 2. The molecule has 5 nitrogen and oxygen atoms in total. The van der Waals surface area contributed by atoms with Crippen LogP contribution in [0.1, 0.15) is 17.2 Å². The molecular weight excluding hydrogens is 381 g/mol. The van der Waals surface area contributed by atoms with E-state index in [0.717, 1.165) is 11.6 Å². The zero-order valence-electron chi connectivity index (χ0n) is 15.5. The van der Waals surface area contributed by atoms with Crippen LogP contribution in [0.4, 0.5) is 24.9 Å². The van der Waals surface area contributed by atoms with Crippen LogP contribution in [0.2, 0.25) is 0 Å². The van der Waals surface area contributed by atoms with Gasteiger partial charge in [0.25, 0.3) is 0 Å². The van der Waals surface area contributed by atoms with Crippen molar-refractivity contribution in [1.29, 1.82) is 0 Å². The molecule has 150 valence electrons. The molecule has 0 bridgehead atoms. The number of nitrogens with one attached hydrogen (secondary N) is 1. The third-order valence-corrected chi connectivity index (χ3v) is 4.80. The quantitative estimate of drug-likeness (QED) is 0.654. The minimum Gasteiger partial charge on any atom is -0.377 e. The van der Waals surface area contributed by atoms with Crippen LogP contribution in [-0.4, -0.2) is 29.7 Å². The van der Waals surface area contributed by atoms with E-state index in [1.807, 2.05) is 30.3 Å². The van der Waals surface area contributed by atoms with E-state index in [4.69, 9.17) is 4.74 Å². The number of ether oxygens (including phenoxy) is 1. The van der Waals surface area contributed by atoms with Gasteiger partial charge < -0.3 is 15.0 Å². The van der Waals surface area contributed by atoms with Crippen LogP contribution >= 0.6 is 0 Å². The summed E-state index contributed by atoms with van der Waals surface area (Å²) >= 11 is 0. The molecule has 3 aromatic rings. The summed E-state index contributed by atoms with van der Waals surface area (Å²) in [5.41, 5.74) is 1.11. The Bertz CT molecular complexity index is 987. The molecule has 1 aliphatic rings. The van der Waals surface area contributed by atoms with E-state index in [0.29, 0.717) is 25.6 Å². The maximum atomic E-state index is 13.9. The first-order valence-corrected chi connectivity index (χ1v) is 9.22. The van der Waals surface area contributed by atoms with Gasteiger partial charge in [-0.1, -0.05) is 36.4 Å². The lowest BCUT2D eigenvalue weighted by molar-refractivity contribution is 0.0937. The highest BCUT2D eigenvalue weighted by atomic mass is 19.2. The molecule has 2 heterocycles. The summed E-state index contributed by atoms with van der Waals surface area (Å²) in [6.07, 6.45) is 1.60. The van der Waals surface area contributed by atoms with Gasteiger partial charge in [-0.3, -0.25) is 0 Å². The lowest BCUT2D eigenvalue weighted by Crippen LogP contribution is -2.40. The summed E-state index contributed by atoms with van der Waals surface area (Å²) in [5.74, 6) is -2.96. The fourth-order valence-electron chi connectivity index (χ4n) is 3.30. The van der Waals surface area contributed by atoms with Gasteiger partial charge in [-0.05, 0) is 17.7 Å². The summed E-state index contributed by atoms with van der Waals surface area (Å²) in [5, 5.41) is 2.87. The van der Waals surface area contributed by atoms with E-state index >= 15 is 0 Å². The van der Waals surface area contributed by atoms with Crippen LogP contribution in [0.5, 0.6) is 0 Å². The van der Waals surface area contributed by atoms with Gasteiger partial charge in [-0.25, -0.2) is 18.2 Å². The molecule has 1 aromatic heterocycles. The first kappa shape index (κ1) is 19.2. The van der Waals surface area contributed by atoms with Crippen LogP contribution in [-0.2, 0) is 11.3 Å². The summed E-state index contributed by atoms with van der Waals surface area (Å²) in [6.45, 7) is 1.71. The van der Waals surface area contributed by atoms with Crippen molar-refractivity contribution >= 4 is 11.8 Å². The van der Waals surface area contributed by atoms with Crippen molar-refractivity contribution in [3.05, 3.63) is 83.3 Å². The number of anilines is 2. The van der Waals surface area contributed by atoms with Gasteiger partial charge in [0.15, 0.2) is 17.5 Å². The highest BCUT2D eigenvalue weighted by molar-refractivity contribution is 5.46. The number of morpholine rings is 1. The Balaban J connectivity index is 1.53. The lowest BCUT2D eigenvalue weighted by Gasteiger charge is -2.36. The van der Waals surface area contributed by atoms with Crippen molar-refractivity contribution in [3.8, 4) is 0 Å². The fraction of sp³-hybridized carbons (Fsp3) is 0.238. The van der Waals surface area contributed by atoms with Crippen molar-refractivity contribution in [1.82, 2.24) is 9.97 Å². The average Bonchev–Trinajstić information content (AvgIpc) is 2.78. The SMILES string of the molecule is Fc1ccc(CNc2nccc(N3CCOCC3c3ccccc3)n2)c(F)c1F. The largest absolute Gasteiger partial charge is 0.377 e. The van der Waals surface area contributed by atoms with Crippen molar-refractivity contribution in [2.24, 2.45) is 0 Å². The molecule has 8 heteroatoms. The molecule has 1 fully saturated rings. The molecule has 29 heavy (non-hydrogen) atoms. The third kappa shape index (κ3) is 4.17. The van der Waals surface area contributed by atoms with Crippen LogP contribution in [0.3, 0.4) is 0 Å². The molecule has 1 unspecified atom stereocenters. The summed E-state index contributed by atoms with van der Waals surface area (Å²) in [4.78, 5) is 10.8. The molecular formula is C21H19F3N4O. The molecule has 1 atom stereocenters. The molecule has 0 radical (unpaired) electrons. The Morgan fingerprint density at radius 1 is 1.03 bits per heavy atom. The molecule has 4 rings (SSSR count). The summed E-state index contributed by atoms with van der Waals surface area (Å²) < 4.78 is 46.0. The molecule has 0 amide bonds. The Labute approximate surface area is 166 Å². The number of nitrogens with zero attached hydrogens (tertiary/aromatic N) is 3. The monoisotopic (exact) mass is 400 g/mol. The first-order valence-electron chi connectivity index (χ1n) is 9.22. The number of hydrogen-bond acceptors (Lipinski definition) is 5. The molecule has 0 spiro atoms. The molecule has 1 aliphatic heterocycles. The molecule has 0 aliphatic carbocycles. The van der Waals surface area contributed by atoms with Gasteiger partial charge in [0.1, 0.15) is 5.82 Å². The average molecular weight is 400 g/mol. The zero-order chi connectivity index (χ0) is 20.2. The van der Waals surface area contributed by atoms with Gasteiger partial charge in [0.2, 0.25) is 5.95 Å². The fourth-order valence-corrected chi connectivity index (χ4v) is 3.30. The van der Waals surface area contributed by atoms with Crippen LogP contribution in [0.15, 0.2) is 54.7 Å². The van der Waals surface area contributed by atoms with Crippen LogP contribution < -0.4 is 10.2 Å². The number of rotatable bonds is 5. The standard InChI is InChI=1S/C21H19F3N4O/c22-16-7-6-15(19(23)20(16)24)12-26-21-25-9-8-18(27-21)28-10-11-29-13-17(28)14-4-2-1-3-5-14/h1-9,17H,10-13H2,(H,25,26,27). The second-order valence-electron chi connectivity index (χ2n) is 6.62. The Hall–Kier alpha value is -3.13. The highest BCUT2D eigenvalue weighted by Crippen LogP contribution is 2.29. The molecule has 1 saturated heterocycles. The van der Waals surface area contributed by atoms with E-state index in [1.54, 1.807) is 12.3 Å². The van der Waals surface area contributed by atoms with E-state index in [2.05, 4.69) is 20.2 Å². The molecule has 0 saturated carbocycles. The van der Waals surface area contributed by atoms with Crippen LogP contribution in [0.25, 0.3) is 0 Å². The van der Waals surface area contributed by atoms with Crippen LogP contribution in [0, 0.1) is 17.5 Å². The van der Waals surface area contributed by atoms with Gasteiger partial charge in [-0.15, -0.1) is 0 Å². The van der Waals surface area contributed by atoms with E-state index in [-0.39, 0.29) is 24.1 Å². The predicted octanol–water partition coefficient (Wildman–Crippen LogP) is 4.08. The van der Waals surface area contributed by atoms with Gasteiger partial charge in [-0.2, -0.15) is 4.98 Å². The van der Waals surface area contributed by atoms with Gasteiger partial charge in [0, 0.05) is 24.8 Å². The van der Waals surface area contributed by atoms with Crippen molar-refractivity contribution < 1.29 is 17.9 Å².